The molecule has 1 aromatic rings. The summed E-state index contributed by atoms with van der Waals surface area (Å²) < 4.78 is 27.2. The quantitative estimate of drug-likeness (QED) is 0.815. The number of nitrogens with one attached hydrogen (secondary N) is 1. The van der Waals surface area contributed by atoms with Gasteiger partial charge in [-0.3, -0.25) is 0 Å². The van der Waals surface area contributed by atoms with E-state index in [0.29, 0.717) is 5.92 Å². The summed E-state index contributed by atoms with van der Waals surface area (Å²) in [5, 5.41) is 0. The first kappa shape index (κ1) is 16.6. The van der Waals surface area contributed by atoms with Gasteiger partial charge < -0.3 is 5.73 Å². The molecule has 1 saturated carbocycles. The third-order valence-corrected chi connectivity index (χ3v) is 5.71. The van der Waals surface area contributed by atoms with E-state index in [4.69, 9.17) is 5.73 Å². The molecule has 21 heavy (non-hydrogen) atoms. The second kappa shape index (κ2) is 6.55. The summed E-state index contributed by atoms with van der Waals surface area (Å²) in [5.74, 6) is 0.906. The Kier molecular flexibility index (Phi) is 5.17. The average Bonchev–Trinajstić information content (AvgIpc) is 3.20. The fourth-order valence-corrected chi connectivity index (χ4v) is 4.40. The fourth-order valence-electron chi connectivity index (χ4n) is 2.96. The lowest BCUT2D eigenvalue weighted by molar-refractivity contribution is 0.505. The second-order valence-corrected chi connectivity index (χ2v) is 7.95. The molecule has 4 nitrogen and oxygen atoms in total. The van der Waals surface area contributed by atoms with Crippen LogP contribution in [0.4, 0.5) is 5.69 Å². The number of nitrogens with two attached hydrogens (primary N) is 1. The van der Waals surface area contributed by atoms with Crippen molar-refractivity contribution in [2.24, 2.45) is 5.92 Å². The zero-order valence-electron chi connectivity index (χ0n) is 12.0. The first-order valence-electron chi connectivity index (χ1n) is 7.42. The molecule has 0 bridgehead atoms. The van der Waals surface area contributed by atoms with Gasteiger partial charge in [0, 0.05) is 11.7 Å². The zero-order chi connectivity index (χ0) is 14.2. The van der Waals surface area contributed by atoms with Gasteiger partial charge in [-0.1, -0.05) is 18.9 Å². The molecule has 0 amide bonds. The Morgan fingerprint density at radius 3 is 2.71 bits per heavy atom. The van der Waals surface area contributed by atoms with Crippen LogP contribution in [-0.2, 0) is 16.4 Å². The highest BCUT2D eigenvalue weighted by Crippen LogP contribution is 2.34. The third-order valence-electron chi connectivity index (χ3n) is 4.29. The highest BCUT2D eigenvalue weighted by molar-refractivity contribution is 7.89. The van der Waals surface area contributed by atoms with Gasteiger partial charge in [-0.2, -0.15) is 0 Å². The maximum atomic E-state index is 12.2. The van der Waals surface area contributed by atoms with Crippen LogP contribution in [0.15, 0.2) is 18.2 Å². The summed E-state index contributed by atoms with van der Waals surface area (Å²) >= 11 is 0. The van der Waals surface area contributed by atoms with Crippen LogP contribution in [0, 0.1) is 5.92 Å². The molecule has 2 aliphatic rings. The monoisotopic (exact) mass is 330 g/mol. The van der Waals surface area contributed by atoms with Crippen molar-refractivity contribution in [2.75, 3.05) is 11.5 Å². The Morgan fingerprint density at radius 2 is 2.00 bits per heavy atom. The number of hydrogen-bond donors (Lipinski definition) is 2. The molecular weight excluding hydrogens is 308 g/mol. The normalized spacial score (nSPS) is 21.4. The summed E-state index contributed by atoms with van der Waals surface area (Å²) in [5.41, 5.74) is 8.84. The Morgan fingerprint density at radius 1 is 1.24 bits per heavy atom. The first-order chi connectivity index (χ1) is 9.53. The highest BCUT2D eigenvalue weighted by atomic mass is 35.5. The predicted molar refractivity (Wildman–Crippen MR) is 88.0 cm³/mol. The van der Waals surface area contributed by atoms with E-state index in [1.807, 2.05) is 18.2 Å². The molecule has 0 saturated heterocycles. The molecule has 118 valence electrons. The van der Waals surface area contributed by atoms with E-state index in [1.165, 1.54) is 18.4 Å². The molecule has 0 aliphatic heterocycles. The maximum Gasteiger partial charge on any atom is 0.212 e. The van der Waals surface area contributed by atoms with Crippen molar-refractivity contribution >= 4 is 28.1 Å². The van der Waals surface area contributed by atoms with Crippen molar-refractivity contribution in [3.63, 3.8) is 0 Å². The number of nitrogen functional groups attached to an aromatic ring is 1. The zero-order valence-corrected chi connectivity index (χ0v) is 13.7. The highest BCUT2D eigenvalue weighted by Gasteiger charge is 2.27. The number of anilines is 1. The van der Waals surface area contributed by atoms with E-state index < -0.39 is 10.0 Å². The fraction of sp³-hybridized carbons (Fsp3) is 0.600. The SMILES string of the molecule is Cl.Nc1ccc2c(c1)CCCC2NS(=O)(=O)CCC1CC1. The first-order valence-corrected chi connectivity index (χ1v) is 9.07. The molecule has 0 heterocycles. The predicted octanol–water partition coefficient (Wildman–Crippen LogP) is 2.79. The third kappa shape index (κ3) is 4.34. The van der Waals surface area contributed by atoms with Crippen molar-refractivity contribution in [3.8, 4) is 0 Å². The Labute approximate surface area is 133 Å². The van der Waals surface area contributed by atoms with Crippen LogP contribution in [-0.4, -0.2) is 14.2 Å². The lowest BCUT2D eigenvalue weighted by Crippen LogP contribution is -2.33. The molecule has 0 radical (unpaired) electrons. The average molecular weight is 331 g/mol. The minimum Gasteiger partial charge on any atom is -0.399 e. The van der Waals surface area contributed by atoms with Gasteiger partial charge in [0.05, 0.1) is 5.75 Å². The van der Waals surface area contributed by atoms with Crippen molar-refractivity contribution in [3.05, 3.63) is 29.3 Å². The van der Waals surface area contributed by atoms with Crippen LogP contribution in [0.1, 0.15) is 49.3 Å². The van der Waals surface area contributed by atoms with Gasteiger partial charge in [0.15, 0.2) is 0 Å². The molecular formula is C15H23ClN2O2S. The molecule has 0 spiro atoms. The number of halogens is 1. The number of hydrogen-bond acceptors (Lipinski definition) is 3. The minimum absolute atomic E-state index is 0. The summed E-state index contributed by atoms with van der Waals surface area (Å²) in [7, 11) is -3.17. The standard InChI is InChI=1S/C15H22N2O2S.ClH/c16-13-6-7-14-12(10-13)2-1-3-15(14)17-20(18,19)9-8-11-4-5-11;/h6-7,10-11,15,17H,1-5,8-9,16H2;1H. The van der Waals surface area contributed by atoms with Gasteiger partial charge in [-0.15, -0.1) is 12.4 Å². The van der Waals surface area contributed by atoms with Crippen LogP contribution in [0.5, 0.6) is 0 Å². The topological polar surface area (TPSA) is 72.2 Å². The summed E-state index contributed by atoms with van der Waals surface area (Å²) in [6.07, 6.45) is 6.06. The molecule has 0 aromatic heterocycles. The van der Waals surface area contributed by atoms with E-state index in [9.17, 15) is 8.42 Å². The van der Waals surface area contributed by atoms with E-state index in [2.05, 4.69) is 4.72 Å². The molecule has 1 unspecified atom stereocenters. The van der Waals surface area contributed by atoms with Crippen molar-refractivity contribution in [1.82, 2.24) is 4.72 Å². The van der Waals surface area contributed by atoms with Gasteiger partial charge in [-0.05, 0) is 54.9 Å². The minimum atomic E-state index is -3.17. The lowest BCUT2D eigenvalue weighted by Gasteiger charge is -2.26. The van der Waals surface area contributed by atoms with Gasteiger partial charge in [0.1, 0.15) is 0 Å². The number of fused-ring (bicyclic) bond motifs is 1. The molecule has 1 aromatic carbocycles. The largest absolute Gasteiger partial charge is 0.399 e. The van der Waals surface area contributed by atoms with Crippen LogP contribution < -0.4 is 10.5 Å². The summed E-state index contributed by atoms with van der Waals surface area (Å²) in [6.45, 7) is 0. The number of aryl methyl sites for hydroxylation is 1. The molecule has 2 aliphatic carbocycles. The van der Waals surface area contributed by atoms with Gasteiger partial charge in [-0.25, -0.2) is 13.1 Å². The van der Waals surface area contributed by atoms with Gasteiger partial charge in [0.25, 0.3) is 0 Å². The Hall–Kier alpha value is -0.780. The smallest absolute Gasteiger partial charge is 0.212 e. The van der Waals surface area contributed by atoms with Crippen molar-refractivity contribution < 1.29 is 8.42 Å². The molecule has 1 atom stereocenters. The number of sulfonamides is 1. The van der Waals surface area contributed by atoms with Crippen molar-refractivity contribution in [2.45, 2.75) is 44.6 Å². The van der Waals surface area contributed by atoms with E-state index in [0.717, 1.165) is 36.9 Å². The van der Waals surface area contributed by atoms with E-state index >= 15 is 0 Å². The number of rotatable bonds is 5. The van der Waals surface area contributed by atoms with Crippen LogP contribution >= 0.6 is 12.4 Å². The molecule has 3 N–H and O–H groups in total. The molecule has 3 rings (SSSR count). The molecule has 1 fully saturated rings. The Bertz CT molecular complexity index is 600. The van der Waals surface area contributed by atoms with E-state index in [1.54, 1.807) is 0 Å². The van der Waals surface area contributed by atoms with Gasteiger partial charge >= 0.3 is 0 Å². The van der Waals surface area contributed by atoms with Crippen LogP contribution in [0.2, 0.25) is 0 Å². The van der Waals surface area contributed by atoms with E-state index in [-0.39, 0.29) is 24.2 Å². The van der Waals surface area contributed by atoms with Gasteiger partial charge in [0.2, 0.25) is 10.0 Å². The Balaban J connectivity index is 0.00000161. The molecule has 6 heteroatoms. The van der Waals surface area contributed by atoms with Crippen LogP contribution in [0.3, 0.4) is 0 Å². The van der Waals surface area contributed by atoms with Crippen molar-refractivity contribution in [1.29, 1.82) is 0 Å². The second-order valence-electron chi connectivity index (χ2n) is 6.07. The number of benzene rings is 1. The van der Waals surface area contributed by atoms with Crippen LogP contribution in [0.25, 0.3) is 0 Å². The lowest BCUT2D eigenvalue weighted by atomic mass is 9.88. The summed E-state index contributed by atoms with van der Waals surface area (Å²) in [4.78, 5) is 0. The summed E-state index contributed by atoms with van der Waals surface area (Å²) in [6, 6.07) is 5.72. The maximum absolute atomic E-state index is 12.2.